The zero-order chi connectivity index (χ0) is 19.9. The molecular formula is C17H15ClN6O3S. The molecule has 0 radical (unpaired) electrons. The van der Waals surface area contributed by atoms with Crippen LogP contribution in [0, 0.1) is 10.1 Å². The second kappa shape index (κ2) is 9.20. The fourth-order valence-corrected chi connectivity index (χ4v) is 3.04. The van der Waals surface area contributed by atoms with E-state index in [1.54, 1.807) is 0 Å². The molecule has 0 atom stereocenters. The fraction of sp³-hybridized carbons (Fsp3) is 0.118. The van der Waals surface area contributed by atoms with Gasteiger partial charge in [-0.25, -0.2) is 4.98 Å². The maximum absolute atomic E-state index is 12.1. The first-order chi connectivity index (χ1) is 13.5. The lowest BCUT2D eigenvalue weighted by Gasteiger charge is -2.06. The minimum absolute atomic E-state index is 0.0662. The van der Waals surface area contributed by atoms with E-state index in [0.717, 1.165) is 17.4 Å². The van der Waals surface area contributed by atoms with Crippen LogP contribution in [0.1, 0.15) is 5.82 Å². The van der Waals surface area contributed by atoms with Crippen LogP contribution >= 0.6 is 23.4 Å². The summed E-state index contributed by atoms with van der Waals surface area (Å²) in [7, 11) is 0. The van der Waals surface area contributed by atoms with E-state index in [2.05, 4.69) is 25.8 Å². The van der Waals surface area contributed by atoms with E-state index >= 15 is 0 Å². The number of benzene rings is 2. The van der Waals surface area contributed by atoms with Gasteiger partial charge in [0.05, 0.1) is 27.9 Å². The average molecular weight is 419 g/mol. The van der Waals surface area contributed by atoms with Gasteiger partial charge in [0.25, 0.3) is 5.69 Å². The highest BCUT2D eigenvalue weighted by molar-refractivity contribution is 7.99. The molecule has 1 heterocycles. The van der Waals surface area contributed by atoms with Crippen molar-refractivity contribution >= 4 is 46.3 Å². The normalized spacial score (nSPS) is 10.5. The van der Waals surface area contributed by atoms with Crippen LogP contribution in [0.15, 0.2) is 53.7 Å². The molecule has 0 saturated carbocycles. The number of nitrogens with zero attached hydrogens (tertiary/aromatic N) is 3. The van der Waals surface area contributed by atoms with Crippen molar-refractivity contribution in [3.05, 3.63) is 69.5 Å². The zero-order valence-corrected chi connectivity index (χ0v) is 16.0. The number of anilines is 2. The summed E-state index contributed by atoms with van der Waals surface area (Å²) in [6.45, 7) is 0.474. The number of para-hydroxylation sites is 1. The number of aromatic amines is 1. The number of nitrogens with one attached hydrogen (secondary N) is 3. The van der Waals surface area contributed by atoms with Crippen molar-refractivity contribution in [2.45, 2.75) is 11.7 Å². The topological polar surface area (TPSA) is 126 Å². The highest BCUT2D eigenvalue weighted by Gasteiger charge is 2.13. The van der Waals surface area contributed by atoms with Crippen molar-refractivity contribution in [1.29, 1.82) is 0 Å². The van der Waals surface area contributed by atoms with Gasteiger partial charge in [-0.1, -0.05) is 41.6 Å². The number of halogens is 1. The Labute approximate surface area is 169 Å². The van der Waals surface area contributed by atoms with E-state index in [0.29, 0.717) is 23.2 Å². The third-order valence-electron chi connectivity index (χ3n) is 3.51. The van der Waals surface area contributed by atoms with Crippen molar-refractivity contribution in [1.82, 2.24) is 15.2 Å². The summed E-state index contributed by atoms with van der Waals surface area (Å²) in [5, 5.41) is 23.9. The Morgan fingerprint density at radius 3 is 2.75 bits per heavy atom. The minimum atomic E-state index is -0.555. The minimum Gasteiger partial charge on any atom is -0.378 e. The van der Waals surface area contributed by atoms with E-state index in [1.807, 2.05) is 30.3 Å². The second-order valence-electron chi connectivity index (χ2n) is 5.54. The molecule has 11 heteroatoms. The van der Waals surface area contributed by atoms with Crippen LogP contribution in [-0.4, -0.2) is 31.8 Å². The van der Waals surface area contributed by atoms with Gasteiger partial charge in [-0.2, -0.15) is 0 Å². The van der Waals surface area contributed by atoms with Crippen molar-refractivity contribution < 1.29 is 9.72 Å². The van der Waals surface area contributed by atoms with E-state index in [9.17, 15) is 14.9 Å². The SMILES string of the molecule is O=C(CSc1n[nH]c(CNc2ccccc2)n1)Nc1ccc([N+](=O)[O-])cc1Cl. The zero-order valence-electron chi connectivity index (χ0n) is 14.4. The number of H-pyrrole nitrogens is 1. The molecule has 0 fully saturated rings. The first-order valence-electron chi connectivity index (χ1n) is 8.08. The summed E-state index contributed by atoms with van der Waals surface area (Å²) >= 11 is 7.12. The standard InChI is InChI=1S/C17H15ClN6O3S/c18-13-8-12(24(26)27)6-7-14(13)20-16(25)10-28-17-21-15(22-23-17)9-19-11-4-2-1-3-5-11/h1-8,19H,9-10H2,(H,20,25)(H,21,22,23). The van der Waals surface area contributed by atoms with Crippen LogP contribution in [0.3, 0.4) is 0 Å². The fourth-order valence-electron chi connectivity index (χ4n) is 2.20. The average Bonchev–Trinajstić information content (AvgIpc) is 3.15. The molecular weight excluding hydrogens is 404 g/mol. The third-order valence-corrected chi connectivity index (χ3v) is 4.67. The number of aromatic nitrogens is 3. The Morgan fingerprint density at radius 1 is 1.25 bits per heavy atom. The number of hydrogen-bond acceptors (Lipinski definition) is 7. The van der Waals surface area contributed by atoms with E-state index in [4.69, 9.17) is 11.6 Å². The summed E-state index contributed by atoms with van der Waals surface area (Å²) in [6.07, 6.45) is 0. The molecule has 9 nitrogen and oxygen atoms in total. The van der Waals surface area contributed by atoms with Crippen LogP contribution in [0.2, 0.25) is 5.02 Å². The molecule has 0 aliphatic rings. The van der Waals surface area contributed by atoms with Gasteiger partial charge in [0.2, 0.25) is 11.1 Å². The molecule has 0 saturated heterocycles. The predicted molar refractivity (Wildman–Crippen MR) is 108 cm³/mol. The Morgan fingerprint density at radius 2 is 2.04 bits per heavy atom. The highest BCUT2D eigenvalue weighted by Crippen LogP contribution is 2.27. The number of rotatable bonds is 8. The second-order valence-corrected chi connectivity index (χ2v) is 6.89. The first kappa shape index (κ1) is 19.6. The van der Waals surface area contributed by atoms with Gasteiger partial charge in [-0.05, 0) is 18.2 Å². The van der Waals surface area contributed by atoms with Gasteiger partial charge in [0.1, 0.15) is 5.82 Å². The summed E-state index contributed by atoms with van der Waals surface area (Å²) < 4.78 is 0. The molecule has 1 aromatic heterocycles. The number of thioether (sulfide) groups is 1. The molecule has 0 aliphatic carbocycles. The number of nitro groups is 1. The Balaban J connectivity index is 1.48. The molecule has 0 spiro atoms. The summed E-state index contributed by atoms with van der Waals surface area (Å²) in [5.74, 6) is 0.385. The van der Waals surface area contributed by atoms with Crippen molar-refractivity contribution in [3.8, 4) is 0 Å². The lowest BCUT2D eigenvalue weighted by Crippen LogP contribution is -2.14. The van der Waals surface area contributed by atoms with Gasteiger partial charge >= 0.3 is 0 Å². The van der Waals surface area contributed by atoms with Crippen LogP contribution in [0.25, 0.3) is 0 Å². The van der Waals surface area contributed by atoms with Gasteiger partial charge in [0, 0.05) is 17.8 Å². The van der Waals surface area contributed by atoms with Crippen molar-refractivity contribution in [3.63, 3.8) is 0 Å². The van der Waals surface area contributed by atoms with E-state index < -0.39 is 4.92 Å². The Bertz CT molecular complexity index is 982. The largest absolute Gasteiger partial charge is 0.378 e. The van der Waals surface area contributed by atoms with Crippen LogP contribution in [0.4, 0.5) is 17.1 Å². The summed E-state index contributed by atoms with van der Waals surface area (Å²) in [5.41, 5.74) is 1.13. The van der Waals surface area contributed by atoms with Gasteiger partial charge in [-0.3, -0.25) is 20.0 Å². The van der Waals surface area contributed by atoms with E-state index in [1.165, 1.54) is 18.2 Å². The third kappa shape index (κ3) is 5.44. The molecule has 2 aromatic carbocycles. The number of amides is 1. The molecule has 0 unspecified atom stereocenters. The molecule has 3 aromatic rings. The highest BCUT2D eigenvalue weighted by atomic mass is 35.5. The molecule has 3 N–H and O–H groups in total. The monoisotopic (exact) mass is 418 g/mol. The number of hydrogen-bond donors (Lipinski definition) is 3. The Hall–Kier alpha value is -3.11. The number of non-ortho nitro benzene ring substituents is 1. The predicted octanol–water partition coefficient (Wildman–Crippen LogP) is 3.71. The van der Waals surface area contributed by atoms with Crippen LogP contribution in [-0.2, 0) is 11.3 Å². The van der Waals surface area contributed by atoms with Crippen molar-refractivity contribution in [2.75, 3.05) is 16.4 Å². The van der Waals surface area contributed by atoms with Gasteiger partial charge in [0.15, 0.2) is 0 Å². The first-order valence-corrected chi connectivity index (χ1v) is 9.44. The lowest BCUT2D eigenvalue weighted by atomic mass is 10.3. The van der Waals surface area contributed by atoms with Crippen LogP contribution < -0.4 is 10.6 Å². The van der Waals surface area contributed by atoms with Gasteiger partial charge < -0.3 is 10.6 Å². The quantitative estimate of drug-likeness (QED) is 0.289. The maximum Gasteiger partial charge on any atom is 0.271 e. The number of nitro benzene ring substituents is 1. The summed E-state index contributed by atoms with van der Waals surface area (Å²) in [6, 6.07) is 13.5. The molecule has 1 amide bonds. The van der Waals surface area contributed by atoms with E-state index in [-0.39, 0.29) is 22.4 Å². The molecule has 0 aliphatic heterocycles. The molecule has 0 bridgehead atoms. The molecule has 3 rings (SSSR count). The van der Waals surface area contributed by atoms with Crippen LogP contribution in [0.5, 0.6) is 0 Å². The molecule has 144 valence electrons. The van der Waals surface area contributed by atoms with Gasteiger partial charge in [-0.15, -0.1) is 5.10 Å². The lowest BCUT2D eigenvalue weighted by molar-refractivity contribution is -0.384. The number of carbonyl (C=O) groups excluding carboxylic acids is 1. The Kier molecular flexibility index (Phi) is 6.45. The number of carbonyl (C=O) groups is 1. The van der Waals surface area contributed by atoms with Crippen molar-refractivity contribution in [2.24, 2.45) is 0 Å². The maximum atomic E-state index is 12.1. The molecule has 28 heavy (non-hydrogen) atoms. The summed E-state index contributed by atoms with van der Waals surface area (Å²) in [4.78, 5) is 26.5. The smallest absolute Gasteiger partial charge is 0.271 e.